The minimum Gasteiger partial charge on any atom is -0.443 e. The Kier molecular flexibility index (Phi) is 15.3. The standard InChI is InChI=1S/C37H61N5O13/c1-32(2,3)50-26(44)40(27(45)51-33(4,5)6)23-22(20-19-21-43)24(41(28(46)52-34(7,8)9)29(47)53-35(10,11)12)39-25(38-23)42(30(48)54-36(13,14)15)31(49)55-37(16,17)18/h43H,19-21H2,1-18H3. The molecule has 0 spiro atoms. The Morgan fingerprint density at radius 3 is 0.855 bits per heavy atom. The summed E-state index contributed by atoms with van der Waals surface area (Å²) in [6.45, 7) is 27.0. The Balaban J connectivity index is 4.81. The van der Waals surface area contributed by atoms with Crippen LogP contribution in [0.3, 0.4) is 0 Å². The molecule has 0 aromatic carbocycles. The molecule has 0 aliphatic heterocycles. The predicted molar refractivity (Wildman–Crippen MR) is 202 cm³/mol. The Labute approximate surface area is 324 Å². The first-order valence-corrected chi connectivity index (χ1v) is 17.8. The molecule has 55 heavy (non-hydrogen) atoms. The van der Waals surface area contributed by atoms with Crippen molar-refractivity contribution in [3.8, 4) is 0 Å². The van der Waals surface area contributed by atoms with E-state index < -0.39 is 94.4 Å². The van der Waals surface area contributed by atoms with Crippen LogP contribution in [0.15, 0.2) is 0 Å². The number of anilines is 3. The molecule has 0 aliphatic carbocycles. The fourth-order valence-electron chi connectivity index (χ4n) is 3.98. The maximum Gasteiger partial charge on any atom is 0.427 e. The number of aliphatic hydroxyl groups excluding tert-OH is 1. The van der Waals surface area contributed by atoms with Crippen LogP contribution >= 0.6 is 0 Å². The quantitative estimate of drug-likeness (QED) is 0.268. The van der Waals surface area contributed by atoms with Gasteiger partial charge in [0.15, 0.2) is 11.6 Å². The van der Waals surface area contributed by atoms with Crippen LogP contribution in [0.2, 0.25) is 0 Å². The van der Waals surface area contributed by atoms with Crippen molar-refractivity contribution in [1.82, 2.24) is 9.97 Å². The van der Waals surface area contributed by atoms with Gasteiger partial charge in [0.2, 0.25) is 5.95 Å². The fraction of sp³-hybridized carbons (Fsp3) is 0.730. The van der Waals surface area contributed by atoms with E-state index >= 15 is 0 Å². The molecule has 1 aromatic rings. The van der Waals surface area contributed by atoms with Gasteiger partial charge in [0.1, 0.15) is 33.6 Å². The molecule has 6 amide bonds. The molecule has 0 atom stereocenters. The molecule has 18 nitrogen and oxygen atoms in total. The molecule has 0 saturated carbocycles. The summed E-state index contributed by atoms with van der Waals surface area (Å²) in [5.41, 5.74) is -7.55. The van der Waals surface area contributed by atoms with Gasteiger partial charge in [-0.15, -0.1) is 4.90 Å². The van der Waals surface area contributed by atoms with Crippen molar-refractivity contribution in [3.63, 3.8) is 0 Å². The van der Waals surface area contributed by atoms with Gasteiger partial charge < -0.3 is 33.5 Å². The molecule has 1 heterocycles. The number of carbonyl (C=O) groups excluding carboxylic acids is 6. The number of aliphatic hydroxyl groups is 1. The number of ether oxygens (including phenoxy) is 6. The highest BCUT2D eigenvalue weighted by Gasteiger charge is 2.43. The summed E-state index contributed by atoms with van der Waals surface area (Å²) in [7, 11) is 0. The number of aromatic nitrogens is 2. The number of hydrogen-bond donors (Lipinski definition) is 1. The van der Waals surface area contributed by atoms with Crippen LogP contribution in [-0.2, 0) is 34.8 Å². The molecule has 312 valence electrons. The highest BCUT2D eigenvalue weighted by molar-refractivity contribution is 6.14. The third kappa shape index (κ3) is 16.7. The molecule has 0 saturated heterocycles. The van der Waals surface area contributed by atoms with Crippen LogP contribution in [0.4, 0.5) is 46.4 Å². The average molecular weight is 784 g/mol. The van der Waals surface area contributed by atoms with Crippen LogP contribution in [0.1, 0.15) is 137 Å². The summed E-state index contributed by atoms with van der Waals surface area (Å²) < 4.78 is 33.4. The Bertz CT molecular complexity index is 1420. The number of nitrogens with zero attached hydrogens (tertiary/aromatic N) is 5. The molecule has 1 rings (SSSR count). The number of carbonyl (C=O) groups is 6. The third-order valence-corrected chi connectivity index (χ3v) is 5.62. The highest BCUT2D eigenvalue weighted by Crippen LogP contribution is 2.36. The lowest BCUT2D eigenvalue weighted by Gasteiger charge is -2.32. The smallest absolute Gasteiger partial charge is 0.427 e. The molecule has 1 aromatic heterocycles. The molecular weight excluding hydrogens is 722 g/mol. The second kappa shape index (κ2) is 17.4. The summed E-state index contributed by atoms with van der Waals surface area (Å²) in [5, 5.41) is 9.97. The van der Waals surface area contributed by atoms with E-state index in [9.17, 15) is 33.9 Å². The van der Waals surface area contributed by atoms with Gasteiger partial charge in [-0.1, -0.05) is 0 Å². The van der Waals surface area contributed by atoms with Gasteiger partial charge in [-0.3, -0.25) is 0 Å². The van der Waals surface area contributed by atoms with Crippen LogP contribution < -0.4 is 14.7 Å². The van der Waals surface area contributed by atoms with Gasteiger partial charge in [0, 0.05) is 12.2 Å². The minimum atomic E-state index is -1.37. The van der Waals surface area contributed by atoms with E-state index in [1.165, 1.54) is 125 Å². The normalized spacial score (nSPS) is 12.6. The van der Waals surface area contributed by atoms with Crippen LogP contribution in [0.5, 0.6) is 0 Å². The van der Waals surface area contributed by atoms with Crippen molar-refractivity contribution in [2.24, 2.45) is 0 Å². The van der Waals surface area contributed by atoms with E-state index in [0.29, 0.717) is 9.80 Å². The van der Waals surface area contributed by atoms with E-state index in [4.69, 9.17) is 28.4 Å². The third-order valence-electron chi connectivity index (χ3n) is 5.62. The molecule has 0 unspecified atom stereocenters. The summed E-state index contributed by atoms with van der Waals surface area (Å²) >= 11 is 0. The molecule has 0 fully saturated rings. The van der Waals surface area contributed by atoms with E-state index in [-0.39, 0.29) is 23.3 Å². The Hall–Kier alpha value is -4.74. The van der Waals surface area contributed by atoms with Crippen LogP contribution in [-0.4, -0.2) is 91.8 Å². The summed E-state index contributed by atoms with van der Waals surface area (Å²) in [5.74, 6) is -2.33. The summed E-state index contributed by atoms with van der Waals surface area (Å²) in [6, 6.07) is 0. The second-order valence-corrected chi connectivity index (χ2v) is 18.4. The first-order chi connectivity index (χ1) is 24.4. The van der Waals surface area contributed by atoms with E-state index in [0.717, 1.165) is 0 Å². The van der Waals surface area contributed by atoms with Crippen molar-refractivity contribution in [1.29, 1.82) is 0 Å². The Morgan fingerprint density at radius 2 is 0.655 bits per heavy atom. The van der Waals surface area contributed by atoms with Crippen LogP contribution in [0, 0.1) is 0 Å². The molecule has 0 aliphatic rings. The van der Waals surface area contributed by atoms with Crippen molar-refractivity contribution in [2.75, 3.05) is 21.3 Å². The number of hydrogen-bond acceptors (Lipinski definition) is 15. The van der Waals surface area contributed by atoms with Gasteiger partial charge in [-0.05, 0) is 137 Å². The van der Waals surface area contributed by atoms with Crippen LogP contribution in [0.25, 0.3) is 0 Å². The van der Waals surface area contributed by atoms with Gasteiger partial charge >= 0.3 is 36.6 Å². The zero-order valence-corrected chi connectivity index (χ0v) is 35.7. The molecule has 0 radical (unpaired) electrons. The molecule has 1 N–H and O–H groups in total. The minimum absolute atomic E-state index is 0.114. The monoisotopic (exact) mass is 783 g/mol. The van der Waals surface area contributed by atoms with Gasteiger partial charge in [0.05, 0.1) is 0 Å². The van der Waals surface area contributed by atoms with Crippen molar-refractivity contribution in [3.05, 3.63) is 5.56 Å². The van der Waals surface area contributed by atoms with Crippen molar-refractivity contribution < 1.29 is 62.3 Å². The van der Waals surface area contributed by atoms with E-state index in [2.05, 4.69) is 9.97 Å². The lowest BCUT2D eigenvalue weighted by Crippen LogP contribution is -2.48. The molecular formula is C37H61N5O13. The summed E-state index contributed by atoms with van der Waals surface area (Å²) in [6.07, 6.45) is -8.56. The first-order valence-electron chi connectivity index (χ1n) is 17.8. The number of amides is 6. The van der Waals surface area contributed by atoms with E-state index in [1.54, 1.807) is 0 Å². The predicted octanol–water partition coefficient (Wildman–Crippen LogP) is 8.43. The topological polar surface area (TPSA) is 214 Å². The number of imide groups is 3. The van der Waals surface area contributed by atoms with Gasteiger partial charge in [0.25, 0.3) is 0 Å². The lowest BCUT2D eigenvalue weighted by atomic mass is 10.1. The van der Waals surface area contributed by atoms with Gasteiger partial charge in [-0.25, -0.2) is 28.8 Å². The molecule has 0 bridgehead atoms. The summed E-state index contributed by atoms with van der Waals surface area (Å²) in [4.78, 5) is 93.7. The zero-order valence-electron chi connectivity index (χ0n) is 35.7. The van der Waals surface area contributed by atoms with Gasteiger partial charge in [-0.2, -0.15) is 19.8 Å². The van der Waals surface area contributed by atoms with Crippen molar-refractivity contribution >= 4 is 54.1 Å². The largest absolute Gasteiger partial charge is 0.443 e. The molecule has 18 heteroatoms. The maximum absolute atomic E-state index is 14.1. The SMILES string of the molecule is CC(C)(C)OC(=O)N(C(=O)OC(C)(C)C)c1nc(N(C(=O)OC(C)(C)C)C(=O)OC(C)(C)C)c(CCCO)c(N(C(=O)OC(C)(C)C)C(=O)OC(C)(C)C)n1. The second-order valence-electron chi connectivity index (χ2n) is 18.4. The highest BCUT2D eigenvalue weighted by atomic mass is 16.6. The lowest BCUT2D eigenvalue weighted by molar-refractivity contribution is 0.0410. The van der Waals surface area contributed by atoms with E-state index in [1.807, 2.05) is 0 Å². The zero-order chi connectivity index (χ0) is 43.3. The first kappa shape index (κ1) is 48.3. The Morgan fingerprint density at radius 1 is 0.436 bits per heavy atom. The number of rotatable bonds is 6. The van der Waals surface area contributed by atoms with Crippen molar-refractivity contribution in [2.45, 2.75) is 171 Å². The average Bonchev–Trinajstić information content (AvgIpc) is 2.86. The fourth-order valence-corrected chi connectivity index (χ4v) is 3.98. The maximum atomic E-state index is 14.1.